The maximum absolute atomic E-state index is 11.1. The van der Waals surface area contributed by atoms with Crippen molar-refractivity contribution >= 4 is 11.8 Å². The number of carbonyl (C=O) groups is 1. The first-order valence-electron chi connectivity index (χ1n) is 9.63. The number of benzene rings is 1. The Kier molecular flexibility index (Phi) is 4.93. The van der Waals surface area contributed by atoms with Gasteiger partial charge in [0.25, 0.3) is 0 Å². The van der Waals surface area contributed by atoms with Crippen molar-refractivity contribution in [3.63, 3.8) is 0 Å². The van der Waals surface area contributed by atoms with Crippen LogP contribution in [0.15, 0.2) is 24.3 Å². The molecule has 0 saturated carbocycles. The monoisotopic (exact) mass is 354 g/mol. The number of piperidine rings is 1. The van der Waals surface area contributed by atoms with Crippen molar-refractivity contribution in [1.82, 2.24) is 14.7 Å². The predicted molar refractivity (Wildman–Crippen MR) is 101 cm³/mol. The number of likely N-dealkylation sites (tertiary alicyclic amines) is 1. The van der Waals surface area contributed by atoms with Crippen LogP contribution >= 0.6 is 0 Å². The second-order valence-electron chi connectivity index (χ2n) is 7.26. The van der Waals surface area contributed by atoms with Gasteiger partial charge in [0.1, 0.15) is 5.82 Å². The average Bonchev–Trinajstić information content (AvgIpc) is 2.83. The summed E-state index contributed by atoms with van der Waals surface area (Å²) in [5.41, 5.74) is 3.70. The van der Waals surface area contributed by atoms with Crippen molar-refractivity contribution < 1.29 is 9.90 Å². The highest BCUT2D eigenvalue weighted by Crippen LogP contribution is 2.29. The van der Waals surface area contributed by atoms with Gasteiger partial charge in [-0.2, -0.15) is 5.10 Å². The number of carboxylic acids is 1. The Bertz CT molecular complexity index is 776. The number of nitrogens with one attached hydrogen (secondary N) is 1. The molecule has 138 valence electrons. The van der Waals surface area contributed by atoms with Gasteiger partial charge < -0.3 is 10.4 Å². The lowest BCUT2D eigenvalue weighted by Gasteiger charge is -2.25. The van der Waals surface area contributed by atoms with Gasteiger partial charge in [-0.3, -0.25) is 4.90 Å². The van der Waals surface area contributed by atoms with E-state index >= 15 is 0 Å². The van der Waals surface area contributed by atoms with Crippen molar-refractivity contribution in [2.45, 2.75) is 45.1 Å². The summed E-state index contributed by atoms with van der Waals surface area (Å²) in [6, 6.07) is 6.97. The molecule has 0 radical (unpaired) electrons. The van der Waals surface area contributed by atoms with Crippen LogP contribution in [0.3, 0.4) is 0 Å². The van der Waals surface area contributed by atoms with Crippen molar-refractivity contribution in [3.8, 4) is 5.69 Å². The minimum Gasteiger partial charge on any atom is -0.478 e. The summed E-state index contributed by atoms with van der Waals surface area (Å²) in [7, 11) is 0. The molecule has 0 atom stereocenters. The van der Waals surface area contributed by atoms with E-state index in [1.165, 1.54) is 36.9 Å². The molecule has 3 heterocycles. The lowest BCUT2D eigenvalue weighted by Crippen LogP contribution is -2.29. The van der Waals surface area contributed by atoms with Gasteiger partial charge >= 0.3 is 5.97 Å². The van der Waals surface area contributed by atoms with E-state index in [0.717, 1.165) is 50.5 Å². The molecule has 2 N–H and O–H groups in total. The third-order valence-electron chi connectivity index (χ3n) is 5.39. The maximum atomic E-state index is 11.1. The minimum absolute atomic E-state index is 0.300. The summed E-state index contributed by atoms with van der Waals surface area (Å²) in [5.74, 6) is 0.178. The molecule has 2 aliphatic rings. The van der Waals surface area contributed by atoms with E-state index in [9.17, 15) is 4.79 Å². The first-order chi connectivity index (χ1) is 12.7. The zero-order valence-electron chi connectivity index (χ0n) is 15.1. The summed E-state index contributed by atoms with van der Waals surface area (Å²) < 4.78 is 1.96. The van der Waals surface area contributed by atoms with Gasteiger partial charge in [0.2, 0.25) is 0 Å². The van der Waals surface area contributed by atoms with Gasteiger partial charge in [0.15, 0.2) is 0 Å². The van der Waals surface area contributed by atoms with Crippen LogP contribution in [0.1, 0.15) is 53.7 Å². The van der Waals surface area contributed by atoms with Gasteiger partial charge in [-0.1, -0.05) is 6.42 Å². The molecule has 0 aliphatic carbocycles. The number of aromatic carboxylic acids is 1. The highest BCUT2D eigenvalue weighted by atomic mass is 16.4. The first kappa shape index (κ1) is 17.1. The lowest BCUT2D eigenvalue weighted by atomic mass is 10.1. The molecule has 0 spiro atoms. The summed E-state index contributed by atoms with van der Waals surface area (Å²) >= 11 is 0. The summed E-state index contributed by atoms with van der Waals surface area (Å²) in [5, 5.41) is 17.6. The topological polar surface area (TPSA) is 70.4 Å². The highest BCUT2D eigenvalue weighted by molar-refractivity contribution is 5.87. The molecule has 2 aliphatic heterocycles. The van der Waals surface area contributed by atoms with E-state index in [0.29, 0.717) is 5.56 Å². The molecule has 0 bridgehead atoms. The Hall–Kier alpha value is -2.34. The van der Waals surface area contributed by atoms with Crippen molar-refractivity contribution in [3.05, 3.63) is 41.1 Å². The van der Waals surface area contributed by atoms with Gasteiger partial charge in [0, 0.05) is 18.7 Å². The van der Waals surface area contributed by atoms with Crippen LogP contribution in [0.25, 0.3) is 5.69 Å². The SMILES string of the molecule is O=C(O)c1ccc(-n2nc(CN3CCCCC3)c3c2NCCCC3)cc1. The van der Waals surface area contributed by atoms with Crippen LogP contribution < -0.4 is 5.32 Å². The molecule has 26 heavy (non-hydrogen) atoms. The zero-order chi connectivity index (χ0) is 17.9. The number of nitrogens with zero attached hydrogens (tertiary/aromatic N) is 3. The molecule has 6 heteroatoms. The number of fused-ring (bicyclic) bond motifs is 1. The van der Waals surface area contributed by atoms with E-state index in [-0.39, 0.29) is 0 Å². The summed E-state index contributed by atoms with van der Waals surface area (Å²) in [6.07, 6.45) is 7.28. The largest absolute Gasteiger partial charge is 0.478 e. The molecule has 0 amide bonds. The average molecular weight is 354 g/mol. The molecule has 4 rings (SSSR count). The lowest BCUT2D eigenvalue weighted by molar-refractivity contribution is 0.0697. The van der Waals surface area contributed by atoms with Gasteiger partial charge in [-0.25, -0.2) is 9.48 Å². The molecular formula is C20H26N4O2. The Labute approximate surface area is 153 Å². The van der Waals surface area contributed by atoms with E-state index < -0.39 is 5.97 Å². The third-order valence-corrected chi connectivity index (χ3v) is 5.39. The molecule has 0 unspecified atom stereocenters. The van der Waals surface area contributed by atoms with Crippen LogP contribution in [-0.4, -0.2) is 45.4 Å². The second kappa shape index (κ2) is 7.50. The molecule has 1 saturated heterocycles. The quantitative estimate of drug-likeness (QED) is 0.881. The molecular weight excluding hydrogens is 328 g/mol. The Morgan fingerprint density at radius 2 is 1.85 bits per heavy atom. The number of aromatic nitrogens is 2. The summed E-state index contributed by atoms with van der Waals surface area (Å²) in [4.78, 5) is 13.6. The number of carboxylic acid groups (broad SMARTS) is 1. The van der Waals surface area contributed by atoms with E-state index in [2.05, 4.69) is 10.2 Å². The zero-order valence-corrected chi connectivity index (χ0v) is 15.1. The van der Waals surface area contributed by atoms with E-state index in [1.54, 1.807) is 12.1 Å². The Morgan fingerprint density at radius 1 is 1.08 bits per heavy atom. The van der Waals surface area contributed by atoms with E-state index in [4.69, 9.17) is 10.2 Å². The first-order valence-corrected chi connectivity index (χ1v) is 9.63. The number of anilines is 1. The molecule has 1 fully saturated rings. The summed E-state index contributed by atoms with van der Waals surface area (Å²) in [6.45, 7) is 4.17. The third kappa shape index (κ3) is 3.46. The number of hydrogen-bond acceptors (Lipinski definition) is 4. The fraction of sp³-hybridized carbons (Fsp3) is 0.500. The molecule has 6 nitrogen and oxygen atoms in total. The molecule has 1 aromatic heterocycles. The van der Waals surface area contributed by atoms with Crippen LogP contribution in [0.2, 0.25) is 0 Å². The number of hydrogen-bond donors (Lipinski definition) is 2. The fourth-order valence-corrected chi connectivity index (χ4v) is 3.96. The Balaban J connectivity index is 1.68. The van der Waals surface area contributed by atoms with Crippen molar-refractivity contribution in [2.75, 3.05) is 25.0 Å². The number of rotatable bonds is 4. The van der Waals surface area contributed by atoms with E-state index in [1.807, 2.05) is 16.8 Å². The van der Waals surface area contributed by atoms with Crippen molar-refractivity contribution in [2.24, 2.45) is 0 Å². The standard InChI is InChI=1S/C20H26N4O2/c25-20(26)15-7-9-16(10-8-15)24-19-17(6-2-3-11-21-19)18(22-24)14-23-12-4-1-5-13-23/h7-10,21H,1-6,11-14H2,(H,25,26). The fourth-order valence-electron chi connectivity index (χ4n) is 3.96. The predicted octanol–water partition coefficient (Wildman–Crippen LogP) is 3.30. The Morgan fingerprint density at radius 3 is 2.58 bits per heavy atom. The normalized spacial score (nSPS) is 18.0. The molecule has 1 aromatic carbocycles. The van der Waals surface area contributed by atoms with Crippen LogP contribution in [0.5, 0.6) is 0 Å². The van der Waals surface area contributed by atoms with Gasteiger partial charge in [0.05, 0.1) is 16.9 Å². The maximum Gasteiger partial charge on any atom is 0.335 e. The van der Waals surface area contributed by atoms with Gasteiger partial charge in [-0.15, -0.1) is 0 Å². The smallest absolute Gasteiger partial charge is 0.335 e. The highest BCUT2D eigenvalue weighted by Gasteiger charge is 2.22. The van der Waals surface area contributed by atoms with Crippen LogP contribution in [0, 0.1) is 0 Å². The van der Waals surface area contributed by atoms with Crippen molar-refractivity contribution in [1.29, 1.82) is 0 Å². The minimum atomic E-state index is -0.903. The van der Waals surface area contributed by atoms with Gasteiger partial charge in [-0.05, 0) is 69.5 Å². The molecule has 2 aromatic rings. The van der Waals surface area contributed by atoms with Crippen LogP contribution in [0.4, 0.5) is 5.82 Å². The second-order valence-corrected chi connectivity index (χ2v) is 7.26. The van der Waals surface area contributed by atoms with Crippen LogP contribution in [-0.2, 0) is 13.0 Å².